The van der Waals surface area contributed by atoms with Gasteiger partial charge in [0.2, 0.25) is 5.82 Å². The fraction of sp³-hybridized carbons (Fsp3) is 0.280. The zero-order valence-electron chi connectivity index (χ0n) is 18.6. The molecule has 1 heterocycles. The van der Waals surface area contributed by atoms with E-state index >= 15 is 0 Å². The summed E-state index contributed by atoms with van der Waals surface area (Å²) in [6.07, 6.45) is 0. The summed E-state index contributed by atoms with van der Waals surface area (Å²) < 4.78 is 10.3. The first-order valence-electron chi connectivity index (χ1n) is 10.6. The van der Waals surface area contributed by atoms with Crippen LogP contribution in [-0.4, -0.2) is 35.1 Å². The molecule has 0 aliphatic carbocycles. The first-order valence-corrected chi connectivity index (χ1v) is 10.6. The van der Waals surface area contributed by atoms with Crippen molar-refractivity contribution in [3.05, 3.63) is 88.9 Å². The van der Waals surface area contributed by atoms with Gasteiger partial charge in [-0.3, -0.25) is 0 Å². The molecular weight excluding hydrogens is 406 g/mol. The minimum absolute atomic E-state index is 0.0611. The van der Waals surface area contributed by atoms with Gasteiger partial charge >= 0.3 is 11.9 Å². The van der Waals surface area contributed by atoms with Crippen LogP contribution >= 0.6 is 0 Å². The first-order chi connectivity index (χ1) is 15.5. The van der Waals surface area contributed by atoms with E-state index in [2.05, 4.69) is 9.97 Å². The van der Waals surface area contributed by atoms with Gasteiger partial charge in [-0.15, -0.1) is 0 Å². The number of rotatable bonds is 9. The van der Waals surface area contributed by atoms with Crippen LogP contribution < -0.4 is 4.90 Å². The van der Waals surface area contributed by atoms with Crippen molar-refractivity contribution >= 4 is 17.8 Å². The summed E-state index contributed by atoms with van der Waals surface area (Å²) in [7, 11) is 0. The van der Waals surface area contributed by atoms with Gasteiger partial charge in [-0.1, -0.05) is 60.7 Å². The molecule has 0 radical (unpaired) electrons. The van der Waals surface area contributed by atoms with E-state index in [1.54, 1.807) is 20.8 Å². The van der Waals surface area contributed by atoms with Crippen LogP contribution in [0.3, 0.4) is 0 Å². The Kier molecular flexibility index (Phi) is 7.91. The molecule has 0 bridgehead atoms. The molecule has 7 heteroatoms. The maximum Gasteiger partial charge on any atom is 0.376 e. The number of nitrogens with zero attached hydrogens (tertiary/aromatic N) is 3. The topological polar surface area (TPSA) is 81.6 Å². The SMILES string of the molecule is CCOC(=O)c1nc(C(=O)OCC)c(C)c(N(Cc2ccccc2)Cc2ccccc2)n1. The first kappa shape index (κ1) is 22.9. The van der Waals surface area contributed by atoms with Gasteiger partial charge in [0, 0.05) is 18.7 Å². The lowest BCUT2D eigenvalue weighted by Gasteiger charge is -2.26. The van der Waals surface area contributed by atoms with Crippen molar-refractivity contribution in [3.63, 3.8) is 0 Å². The average molecular weight is 434 g/mol. The summed E-state index contributed by atoms with van der Waals surface area (Å²) >= 11 is 0. The lowest BCUT2D eigenvalue weighted by Crippen LogP contribution is -2.27. The van der Waals surface area contributed by atoms with Crippen LogP contribution in [0.1, 0.15) is 51.6 Å². The fourth-order valence-corrected chi connectivity index (χ4v) is 3.31. The Bertz CT molecular complexity index is 1010. The van der Waals surface area contributed by atoms with E-state index in [0.717, 1.165) is 11.1 Å². The predicted molar refractivity (Wildman–Crippen MR) is 121 cm³/mol. The second kappa shape index (κ2) is 11.0. The fourth-order valence-electron chi connectivity index (χ4n) is 3.31. The van der Waals surface area contributed by atoms with Crippen molar-refractivity contribution in [2.75, 3.05) is 18.1 Å². The molecule has 0 atom stereocenters. The third kappa shape index (κ3) is 5.69. The highest BCUT2D eigenvalue weighted by Crippen LogP contribution is 2.25. The summed E-state index contributed by atoms with van der Waals surface area (Å²) in [5.41, 5.74) is 2.74. The minimum Gasteiger partial charge on any atom is -0.461 e. The van der Waals surface area contributed by atoms with Crippen molar-refractivity contribution in [3.8, 4) is 0 Å². The minimum atomic E-state index is -0.682. The second-order valence-electron chi connectivity index (χ2n) is 7.11. The number of ether oxygens (including phenoxy) is 2. The summed E-state index contributed by atoms with van der Waals surface area (Å²) in [5, 5.41) is 0. The van der Waals surface area contributed by atoms with Crippen LogP contribution in [-0.2, 0) is 22.6 Å². The number of hydrogen-bond donors (Lipinski definition) is 0. The number of aromatic nitrogens is 2. The third-order valence-corrected chi connectivity index (χ3v) is 4.78. The van der Waals surface area contributed by atoms with Crippen LogP contribution in [0.2, 0.25) is 0 Å². The normalized spacial score (nSPS) is 10.5. The van der Waals surface area contributed by atoms with Gasteiger partial charge in [0.1, 0.15) is 5.82 Å². The number of carbonyl (C=O) groups excluding carboxylic acids is 2. The molecule has 0 saturated heterocycles. The number of anilines is 1. The maximum absolute atomic E-state index is 12.6. The van der Waals surface area contributed by atoms with E-state index in [1.807, 2.05) is 65.6 Å². The largest absolute Gasteiger partial charge is 0.461 e. The van der Waals surface area contributed by atoms with E-state index in [4.69, 9.17) is 9.47 Å². The molecule has 0 fully saturated rings. The van der Waals surface area contributed by atoms with Crippen LogP contribution in [0.4, 0.5) is 5.82 Å². The highest BCUT2D eigenvalue weighted by molar-refractivity contribution is 5.93. The molecule has 32 heavy (non-hydrogen) atoms. The molecule has 0 amide bonds. The zero-order chi connectivity index (χ0) is 22.9. The molecule has 0 aliphatic rings. The van der Waals surface area contributed by atoms with Crippen molar-refractivity contribution in [2.24, 2.45) is 0 Å². The Hall–Kier alpha value is -3.74. The third-order valence-electron chi connectivity index (χ3n) is 4.78. The van der Waals surface area contributed by atoms with Crippen LogP contribution in [0.5, 0.6) is 0 Å². The Labute approximate surface area is 188 Å². The summed E-state index contributed by atoms with van der Waals surface area (Å²) in [4.78, 5) is 35.8. The van der Waals surface area contributed by atoms with Crippen molar-refractivity contribution < 1.29 is 19.1 Å². The lowest BCUT2D eigenvalue weighted by atomic mass is 10.1. The Morgan fingerprint density at radius 3 is 1.78 bits per heavy atom. The van der Waals surface area contributed by atoms with Gasteiger partial charge in [0.15, 0.2) is 5.69 Å². The average Bonchev–Trinajstić information content (AvgIpc) is 2.80. The molecule has 3 rings (SSSR count). The number of hydrogen-bond acceptors (Lipinski definition) is 7. The monoisotopic (exact) mass is 433 g/mol. The van der Waals surface area contributed by atoms with E-state index in [9.17, 15) is 9.59 Å². The molecule has 166 valence electrons. The molecule has 0 unspecified atom stereocenters. The molecule has 0 saturated carbocycles. The van der Waals surface area contributed by atoms with E-state index in [-0.39, 0.29) is 24.7 Å². The number of carbonyl (C=O) groups is 2. The Balaban J connectivity index is 2.11. The second-order valence-corrected chi connectivity index (χ2v) is 7.11. The summed E-state index contributed by atoms with van der Waals surface area (Å²) in [6.45, 7) is 6.62. The molecule has 3 aromatic rings. The smallest absolute Gasteiger partial charge is 0.376 e. The molecule has 0 spiro atoms. The lowest BCUT2D eigenvalue weighted by molar-refractivity contribution is 0.0505. The highest BCUT2D eigenvalue weighted by atomic mass is 16.5. The van der Waals surface area contributed by atoms with Crippen molar-refractivity contribution in [2.45, 2.75) is 33.9 Å². The Morgan fingerprint density at radius 1 is 0.781 bits per heavy atom. The van der Waals surface area contributed by atoms with Crippen molar-refractivity contribution in [1.29, 1.82) is 0 Å². The standard InChI is InChI=1S/C25H27N3O4/c1-4-31-24(29)21-18(3)23(27-22(26-21)25(30)32-5-2)28(16-19-12-8-6-9-13-19)17-20-14-10-7-11-15-20/h6-15H,4-5,16-17H2,1-3H3. The Morgan fingerprint density at radius 2 is 1.28 bits per heavy atom. The molecule has 0 aliphatic heterocycles. The van der Waals surface area contributed by atoms with E-state index in [0.29, 0.717) is 24.5 Å². The molecular formula is C25H27N3O4. The van der Waals surface area contributed by atoms with Crippen molar-refractivity contribution in [1.82, 2.24) is 9.97 Å². The van der Waals surface area contributed by atoms with Gasteiger partial charge in [-0.05, 0) is 31.9 Å². The summed E-state index contributed by atoms with van der Waals surface area (Å²) in [6, 6.07) is 19.9. The summed E-state index contributed by atoms with van der Waals surface area (Å²) in [5.74, 6) is -0.960. The predicted octanol–water partition coefficient (Wildman–Crippen LogP) is 4.35. The van der Waals surface area contributed by atoms with E-state index < -0.39 is 11.9 Å². The van der Waals surface area contributed by atoms with Gasteiger partial charge in [-0.2, -0.15) is 0 Å². The quantitative estimate of drug-likeness (QED) is 0.464. The van der Waals surface area contributed by atoms with Crippen LogP contribution in [0, 0.1) is 6.92 Å². The number of benzene rings is 2. The molecule has 2 aromatic carbocycles. The highest BCUT2D eigenvalue weighted by Gasteiger charge is 2.25. The maximum atomic E-state index is 12.6. The molecule has 0 N–H and O–H groups in total. The van der Waals surface area contributed by atoms with Gasteiger partial charge < -0.3 is 14.4 Å². The zero-order valence-corrected chi connectivity index (χ0v) is 18.6. The van der Waals surface area contributed by atoms with E-state index in [1.165, 1.54) is 0 Å². The van der Waals surface area contributed by atoms with Gasteiger partial charge in [-0.25, -0.2) is 19.6 Å². The van der Waals surface area contributed by atoms with Crippen LogP contribution in [0.15, 0.2) is 60.7 Å². The van der Waals surface area contributed by atoms with Gasteiger partial charge in [0.05, 0.1) is 13.2 Å². The molecule has 7 nitrogen and oxygen atoms in total. The number of esters is 2. The van der Waals surface area contributed by atoms with Crippen LogP contribution in [0.25, 0.3) is 0 Å². The molecule has 1 aromatic heterocycles. The van der Waals surface area contributed by atoms with Gasteiger partial charge in [0.25, 0.3) is 0 Å².